The number of halogens is 1. The van der Waals surface area contributed by atoms with Crippen molar-refractivity contribution in [3.8, 4) is 11.5 Å². The maximum Gasteiger partial charge on any atom is 0.257 e. The van der Waals surface area contributed by atoms with Crippen LogP contribution in [0.4, 0.5) is 0 Å². The van der Waals surface area contributed by atoms with Gasteiger partial charge in [-0.05, 0) is 37.0 Å². The number of nitrogens with zero attached hydrogens (tertiary/aromatic N) is 1. The molecule has 0 aliphatic carbocycles. The molecule has 20 heavy (non-hydrogen) atoms. The van der Waals surface area contributed by atoms with Crippen molar-refractivity contribution in [2.75, 3.05) is 32.6 Å². The topological polar surface area (TPSA) is 38.8 Å². The van der Waals surface area contributed by atoms with Crippen LogP contribution in [0.25, 0.3) is 0 Å². The van der Waals surface area contributed by atoms with Crippen LogP contribution in [0.3, 0.4) is 0 Å². The quantitative estimate of drug-likeness (QED) is 0.790. The minimum atomic E-state index is 0.0198. The Labute approximate surface area is 128 Å². The number of amides is 1. The van der Waals surface area contributed by atoms with Gasteiger partial charge in [0.1, 0.15) is 11.5 Å². The molecular formula is C15H20BrNO3. The van der Waals surface area contributed by atoms with Crippen molar-refractivity contribution in [2.45, 2.75) is 12.8 Å². The summed E-state index contributed by atoms with van der Waals surface area (Å²) in [6, 6.07) is 5.32. The van der Waals surface area contributed by atoms with Crippen LogP contribution in [0.1, 0.15) is 23.2 Å². The average molecular weight is 342 g/mol. The van der Waals surface area contributed by atoms with Crippen LogP contribution in [0, 0.1) is 5.92 Å². The number of carbonyl (C=O) groups is 1. The lowest BCUT2D eigenvalue weighted by Gasteiger charge is -2.32. The Balaban J connectivity index is 2.23. The molecule has 0 bridgehead atoms. The van der Waals surface area contributed by atoms with Gasteiger partial charge < -0.3 is 14.4 Å². The van der Waals surface area contributed by atoms with E-state index in [9.17, 15) is 4.79 Å². The summed E-state index contributed by atoms with van der Waals surface area (Å²) in [4.78, 5) is 14.6. The van der Waals surface area contributed by atoms with Crippen molar-refractivity contribution in [3.63, 3.8) is 0 Å². The SMILES string of the molecule is COc1ccc(OC)c(C(=O)N2CCCC(CBr)C2)c1. The number of hydrogen-bond acceptors (Lipinski definition) is 3. The zero-order chi connectivity index (χ0) is 14.5. The monoisotopic (exact) mass is 341 g/mol. The highest BCUT2D eigenvalue weighted by atomic mass is 79.9. The summed E-state index contributed by atoms with van der Waals surface area (Å²) in [5.41, 5.74) is 0.571. The molecule has 1 aliphatic rings. The molecule has 1 amide bonds. The summed E-state index contributed by atoms with van der Waals surface area (Å²) in [6.45, 7) is 1.60. The summed E-state index contributed by atoms with van der Waals surface area (Å²) < 4.78 is 10.5. The lowest BCUT2D eigenvalue weighted by Crippen LogP contribution is -2.40. The molecule has 1 aromatic rings. The van der Waals surface area contributed by atoms with Crippen LogP contribution in [-0.4, -0.2) is 43.4 Å². The second-order valence-electron chi connectivity index (χ2n) is 4.98. The third-order valence-electron chi connectivity index (χ3n) is 3.66. The molecule has 0 spiro atoms. The number of piperidine rings is 1. The molecule has 1 aromatic carbocycles. The van der Waals surface area contributed by atoms with Gasteiger partial charge in [0.15, 0.2) is 0 Å². The van der Waals surface area contributed by atoms with E-state index in [1.165, 1.54) is 6.42 Å². The molecule has 110 valence electrons. The number of methoxy groups -OCH3 is 2. The largest absolute Gasteiger partial charge is 0.497 e. The maximum atomic E-state index is 12.7. The van der Waals surface area contributed by atoms with Crippen LogP contribution >= 0.6 is 15.9 Å². The number of carbonyl (C=O) groups excluding carboxylic acids is 1. The summed E-state index contributed by atoms with van der Waals surface area (Å²) in [6.07, 6.45) is 2.22. The van der Waals surface area contributed by atoms with Crippen molar-refractivity contribution in [1.29, 1.82) is 0 Å². The van der Waals surface area contributed by atoms with Gasteiger partial charge in [-0.2, -0.15) is 0 Å². The third kappa shape index (κ3) is 3.26. The molecule has 0 aromatic heterocycles. The fourth-order valence-electron chi connectivity index (χ4n) is 2.53. The number of rotatable bonds is 4. The molecule has 1 aliphatic heterocycles. The number of hydrogen-bond donors (Lipinski definition) is 0. The van der Waals surface area contributed by atoms with Gasteiger partial charge in [-0.25, -0.2) is 0 Å². The minimum Gasteiger partial charge on any atom is -0.497 e. The highest BCUT2D eigenvalue weighted by Crippen LogP contribution is 2.27. The van der Waals surface area contributed by atoms with Gasteiger partial charge in [0.05, 0.1) is 19.8 Å². The zero-order valence-electron chi connectivity index (χ0n) is 11.9. The van der Waals surface area contributed by atoms with Gasteiger partial charge >= 0.3 is 0 Å². The summed E-state index contributed by atoms with van der Waals surface area (Å²) >= 11 is 3.51. The van der Waals surface area contributed by atoms with Gasteiger partial charge in [0.2, 0.25) is 0 Å². The standard InChI is InChI=1S/C15H20BrNO3/c1-19-12-5-6-14(20-2)13(8-12)15(18)17-7-3-4-11(9-16)10-17/h5-6,8,11H,3-4,7,9-10H2,1-2H3. The molecule has 5 heteroatoms. The Hall–Kier alpha value is -1.23. The normalized spacial score (nSPS) is 18.8. The number of alkyl halides is 1. The van der Waals surface area contributed by atoms with E-state index in [1.54, 1.807) is 32.4 Å². The van der Waals surface area contributed by atoms with E-state index in [4.69, 9.17) is 9.47 Å². The molecule has 0 N–H and O–H groups in total. The fraction of sp³-hybridized carbons (Fsp3) is 0.533. The average Bonchev–Trinajstić information content (AvgIpc) is 2.53. The van der Waals surface area contributed by atoms with Crippen LogP contribution in [0.15, 0.2) is 18.2 Å². The van der Waals surface area contributed by atoms with Crippen molar-refractivity contribution in [1.82, 2.24) is 4.90 Å². The zero-order valence-corrected chi connectivity index (χ0v) is 13.5. The predicted octanol–water partition coefficient (Wildman–Crippen LogP) is 2.95. The highest BCUT2D eigenvalue weighted by Gasteiger charge is 2.26. The molecule has 0 radical (unpaired) electrons. The lowest BCUT2D eigenvalue weighted by molar-refractivity contribution is 0.0682. The van der Waals surface area contributed by atoms with Gasteiger partial charge in [-0.1, -0.05) is 15.9 Å². The van der Waals surface area contributed by atoms with E-state index < -0.39 is 0 Å². The molecule has 4 nitrogen and oxygen atoms in total. The number of ether oxygens (including phenoxy) is 2. The van der Waals surface area contributed by atoms with Crippen LogP contribution in [0.2, 0.25) is 0 Å². The molecule has 2 rings (SSSR count). The third-order valence-corrected chi connectivity index (χ3v) is 4.58. The van der Waals surface area contributed by atoms with Crippen molar-refractivity contribution >= 4 is 21.8 Å². The highest BCUT2D eigenvalue weighted by molar-refractivity contribution is 9.09. The Morgan fingerprint density at radius 3 is 2.85 bits per heavy atom. The van der Waals surface area contributed by atoms with Crippen LogP contribution in [0.5, 0.6) is 11.5 Å². The predicted molar refractivity (Wildman–Crippen MR) is 82.0 cm³/mol. The number of benzene rings is 1. The van der Waals surface area contributed by atoms with Gasteiger partial charge in [0, 0.05) is 18.4 Å². The first-order valence-electron chi connectivity index (χ1n) is 6.76. The van der Waals surface area contributed by atoms with Crippen molar-refractivity contribution in [3.05, 3.63) is 23.8 Å². The first-order chi connectivity index (χ1) is 9.69. The van der Waals surface area contributed by atoms with Gasteiger partial charge in [-0.3, -0.25) is 4.79 Å². The molecular weight excluding hydrogens is 322 g/mol. The van der Waals surface area contributed by atoms with Crippen LogP contribution < -0.4 is 9.47 Å². The lowest BCUT2D eigenvalue weighted by atomic mass is 9.99. The van der Waals surface area contributed by atoms with E-state index in [0.29, 0.717) is 23.0 Å². The Morgan fingerprint density at radius 2 is 2.20 bits per heavy atom. The molecule has 1 atom stereocenters. The molecule has 1 fully saturated rings. The summed E-state index contributed by atoms with van der Waals surface area (Å²) in [5.74, 6) is 1.82. The summed E-state index contributed by atoms with van der Waals surface area (Å²) in [7, 11) is 3.17. The Kier molecular flexibility index (Phi) is 5.29. The van der Waals surface area contributed by atoms with E-state index in [0.717, 1.165) is 24.8 Å². The Bertz CT molecular complexity index is 478. The van der Waals surface area contributed by atoms with E-state index in [-0.39, 0.29) is 5.91 Å². The first-order valence-corrected chi connectivity index (χ1v) is 7.89. The second-order valence-corrected chi connectivity index (χ2v) is 5.63. The smallest absolute Gasteiger partial charge is 0.257 e. The number of likely N-dealkylation sites (tertiary alicyclic amines) is 1. The molecule has 0 saturated carbocycles. The first kappa shape index (κ1) is 15.2. The molecule has 1 unspecified atom stereocenters. The van der Waals surface area contributed by atoms with Crippen molar-refractivity contribution < 1.29 is 14.3 Å². The van der Waals surface area contributed by atoms with Gasteiger partial charge in [0.25, 0.3) is 5.91 Å². The summed E-state index contributed by atoms with van der Waals surface area (Å²) in [5, 5.41) is 0.937. The Morgan fingerprint density at radius 1 is 1.40 bits per heavy atom. The minimum absolute atomic E-state index is 0.0198. The van der Waals surface area contributed by atoms with E-state index in [2.05, 4.69) is 15.9 Å². The van der Waals surface area contributed by atoms with Crippen LogP contribution in [-0.2, 0) is 0 Å². The molecule has 1 saturated heterocycles. The van der Waals surface area contributed by atoms with Crippen molar-refractivity contribution in [2.24, 2.45) is 5.92 Å². The van der Waals surface area contributed by atoms with Gasteiger partial charge in [-0.15, -0.1) is 0 Å². The maximum absolute atomic E-state index is 12.7. The second kappa shape index (κ2) is 6.97. The van der Waals surface area contributed by atoms with E-state index >= 15 is 0 Å². The fourth-order valence-corrected chi connectivity index (χ4v) is 3.06. The van der Waals surface area contributed by atoms with E-state index in [1.807, 2.05) is 4.90 Å². The molecule has 1 heterocycles.